The molecule has 3 amide bonds. The van der Waals surface area contributed by atoms with Crippen LogP contribution in [0.15, 0.2) is 60.2 Å². The molecule has 2 atom stereocenters. The SMILES string of the molecule is CC1(C)C2CC=C(CN(CCN3CCN(C(=O)Nc4cccc(Cl)c4Cl)CC3)C(=O)Cc3ccccc3)C1C2. The highest BCUT2D eigenvalue weighted by atomic mass is 35.5. The normalized spacial score (nSPS) is 22.1. The van der Waals surface area contributed by atoms with Gasteiger partial charge in [0.2, 0.25) is 5.91 Å². The zero-order chi connectivity index (χ0) is 27.6. The lowest BCUT2D eigenvalue weighted by Crippen LogP contribution is -2.53. The minimum absolute atomic E-state index is 0.177. The highest BCUT2D eigenvalue weighted by Crippen LogP contribution is 2.59. The zero-order valence-corrected chi connectivity index (χ0v) is 24.3. The van der Waals surface area contributed by atoms with Gasteiger partial charge in [0.1, 0.15) is 0 Å². The number of nitrogens with one attached hydrogen (secondary N) is 1. The van der Waals surface area contributed by atoms with Crippen molar-refractivity contribution in [1.82, 2.24) is 14.7 Å². The van der Waals surface area contributed by atoms with Crippen LogP contribution in [0, 0.1) is 17.3 Å². The first kappa shape index (κ1) is 28.0. The number of fused-ring (bicyclic) bond motifs is 1. The summed E-state index contributed by atoms with van der Waals surface area (Å²) in [7, 11) is 0. The molecule has 6 nitrogen and oxygen atoms in total. The summed E-state index contributed by atoms with van der Waals surface area (Å²) in [6.07, 6.45) is 5.20. The first-order valence-electron chi connectivity index (χ1n) is 14.0. The fourth-order valence-electron chi connectivity index (χ4n) is 6.28. The number of hydrogen-bond donors (Lipinski definition) is 1. The van der Waals surface area contributed by atoms with Crippen molar-refractivity contribution in [2.45, 2.75) is 33.1 Å². The molecule has 2 unspecified atom stereocenters. The second kappa shape index (κ2) is 11.9. The van der Waals surface area contributed by atoms with E-state index in [2.05, 4.69) is 35.0 Å². The third-order valence-corrected chi connectivity index (χ3v) is 9.86. The van der Waals surface area contributed by atoms with Crippen LogP contribution >= 0.6 is 23.2 Å². The van der Waals surface area contributed by atoms with Crippen molar-refractivity contribution in [3.8, 4) is 0 Å². The Balaban J connectivity index is 1.17. The molecule has 1 heterocycles. The lowest BCUT2D eigenvalue weighted by Gasteiger charge is -2.57. The third kappa shape index (κ3) is 6.29. The van der Waals surface area contributed by atoms with Gasteiger partial charge in [0.05, 0.1) is 22.2 Å². The summed E-state index contributed by atoms with van der Waals surface area (Å²) >= 11 is 12.3. The molecule has 3 aliphatic carbocycles. The highest BCUT2D eigenvalue weighted by Gasteiger charge is 2.51. The van der Waals surface area contributed by atoms with E-state index in [9.17, 15) is 9.59 Å². The largest absolute Gasteiger partial charge is 0.337 e. The molecule has 1 saturated carbocycles. The number of carbonyl (C=O) groups excluding carboxylic acids is 2. The number of anilines is 1. The molecular weight excluding hydrogens is 531 g/mol. The molecule has 2 bridgehead atoms. The smallest absolute Gasteiger partial charge is 0.321 e. The summed E-state index contributed by atoms with van der Waals surface area (Å²) < 4.78 is 0. The number of amides is 3. The summed E-state index contributed by atoms with van der Waals surface area (Å²) in [4.78, 5) is 32.5. The van der Waals surface area contributed by atoms with Gasteiger partial charge in [-0.1, -0.05) is 85.1 Å². The average molecular weight is 570 g/mol. The summed E-state index contributed by atoms with van der Waals surface area (Å²) in [6, 6.07) is 15.0. The Hall–Kier alpha value is -2.54. The topological polar surface area (TPSA) is 55.9 Å². The molecule has 2 aromatic carbocycles. The van der Waals surface area contributed by atoms with Crippen LogP contribution < -0.4 is 5.32 Å². The van der Waals surface area contributed by atoms with E-state index in [4.69, 9.17) is 23.2 Å². The Bertz CT molecular complexity index is 1220. The van der Waals surface area contributed by atoms with Gasteiger partial charge in [-0.3, -0.25) is 9.69 Å². The van der Waals surface area contributed by atoms with Crippen LogP contribution in [0.4, 0.5) is 10.5 Å². The number of carbonyl (C=O) groups is 2. The maximum atomic E-state index is 13.5. The lowest BCUT2D eigenvalue weighted by atomic mass is 9.49. The molecule has 6 rings (SSSR count). The van der Waals surface area contributed by atoms with Gasteiger partial charge in [-0.05, 0) is 47.8 Å². The van der Waals surface area contributed by atoms with Gasteiger partial charge in [-0.25, -0.2) is 4.79 Å². The van der Waals surface area contributed by atoms with Crippen molar-refractivity contribution in [3.05, 3.63) is 75.8 Å². The second-order valence-corrected chi connectivity index (χ2v) is 12.4. The zero-order valence-electron chi connectivity index (χ0n) is 22.8. The molecule has 4 aliphatic rings. The number of rotatable bonds is 8. The van der Waals surface area contributed by atoms with E-state index in [0.29, 0.717) is 53.1 Å². The number of piperazine rings is 1. The van der Waals surface area contributed by atoms with Gasteiger partial charge in [0.15, 0.2) is 0 Å². The number of hydrogen-bond acceptors (Lipinski definition) is 3. The minimum Gasteiger partial charge on any atom is -0.337 e. The molecule has 1 saturated heterocycles. The molecule has 2 fully saturated rings. The van der Waals surface area contributed by atoms with E-state index >= 15 is 0 Å². The van der Waals surface area contributed by atoms with E-state index in [1.165, 1.54) is 12.0 Å². The van der Waals surface area contributed by atoms with Crippen LogP contribution in [0.5, 0.6) is 0 Å². The van der Waals surface area contributed by atoms with Crippen molar-refractivity contribution < 1.29 is 9.59 Å². The maximum absolute atomic E-state index is 13.5. The van der Waals surface area contributed by atoms with E-state index < -0.39 is 0 Å². The Morgan fingerprint density at radius 1 is 1.03 bits per heavy atom. The molecule has 208 valence electrons. The molecule has 1 aliphatic heterocycles. The summed E-state index contributed by atoms with van der Waals surface area (Å²) in [5.41, 5.74) is 3.34. The minimum atomic E-state index is -0.177. The van der Waals surface area contributed by atoms with Crippen molar-refractivity contribution in [1.29, 1.82) is 0 Å². The predicted octanol–water partition coefficient (Wildman–Crippen LogP) is 6.21. The lowest BCUT2D eigenvalue weighted by molar-refractivity contribution is -0.130. The van der Waals surface area contributed by atoms with E-state index in [1.54, 1.807) is 23.1 Å². The number of benzene rings is 2. The Morgan fingerprint density at radius 2 is 1.77 bits per heavy atom. The van der Waals surface area contributed by atoms with Crippen LogP contribution in [-0.4, -0.2) is 72.5 Å². The number of allylic oxidation sites excluding steroid dienone is 1. The first-order chi connectivity index (χ1) is 18.7. The van der Waals surface area contributed by atoms with Gasteiger partial charge in [0.25, 0.3) is 0 Å². The van der Waals surface area contributed by atoms with Gasteiger partial charge >= 0.3 is 6.03 Å². The van der Waals surface area contributed by atoms with Gasteiger partial charge in [0, 0.05) is 45.8 Å². The van der Waals surface area contributed by atoms with Gasteiger partial charge in [-0.2, -0.15) is 0 Å². The molecule has 2 aromatic rings. The monoisotopic (exact) mass is 568 g/mol. The molecule has 8 heteroatoms. The number of urea groups is 1. The van der Waals surface area contributed by atoms with Gasteiger partial charge in [-0.15, -0.1) is 0 Å². The van der Waals surface area contributed by atoms with Crippen LogP contribution in [0.3, 0.4) is 0 Å². The Kier molecular flexibility index (Phi) is 8.55. The fourth-order valence-corrected chi connectivity index (χ4v) is 6.63. The van der Waals surface area contributed by atoms with Crippen LogP contribution in [0.2, 0.25) is 10.0 Å². The fraction of sp³-hybridized carbons (Fsp3) is 0.484. The second-order valence-electron chi connectivity index (χ2n) is 11.7. The standard InChI is InChI=1S/C31H38Cl2N4O2/c1-31(2)24-12-11-23(25(31)20-24)21-37(28(38)19-22-7-4-3-5-8-22)18-15-35-13-16-36(17-14-35)30(39)34-27-10-6-9-26(32)29(27)33/h3-11,24-25H,12-21H2,1-2H3,(H,34,39). The summed E-state index contributed by atoms with van der Waals surface area (Å²) in [6.45, 7) is 9.71. The number of halogens is 2. The Labute approximate surface area is 241 Å². The molecular formula is C31H38Cl2N4O2. The van der Waals surface area contributed by atoms with Crippen molar-refractivity contribution in [2.75, 3.05) is 51.1 Å². The predicted molar refractivity (Wildman–Crippen MR) is 158 cm³/mol. The van der Waals surface area contributed by atoms with E-state index in [0.717, 1.165) is 44.1 Å². The first-order valence-corrected chi connectivity index (χ1v) is 14.7. The molecule has 0 aromatic heterocycles. The van der Waals surface area contributed by atoms with Crippen LogP contribution in [0.25, 0.3) is 0 Å². The van der Waals surface area contributed by atoms with Gasteiger partial charge < -0.3 is 15.1 Å². The number of nitrogens with zero attached hydrogens (tertiary/aromatic N) is 3. The summed E-state index contributed by atoms with van der Waals surface area (Å²) in [5.74, 6) is 1.54. The van der Waals surface area contributed by atoms with Crippen LogP contribution in [-0.2, 0) is 11.2 Å². The quantitative estimate of drug-likeness (QED) is 0.385. The maximum Gasteiger partial charge on any atom is 0.321 e. The Morgan fingerprint density at radius 3 is 2.46 bits per heavy atom. The van der Waals surface area contributed by atoms with E-state index in [1.807, 2.05) is 30.3 Å². The third-order valence-electron chi connectivity index (χ3n) is 9.05. The van der Waals surface area contributed by atoms with Crippen molar-refractivity contribution in [3.63, 3.8) is 0 Å². The summed E-state index contributed by atoms with van der Waals surface area (Å²) in [5, 5.41) is 3.64. The van der Waals surface area contributed by atoms with Crippen molar-refractivity contribution in [2.24, 2.45) is 17.3 Å². The van der Waals surface area contributed by atoms with Crippen molar-refractivity contribution >= 4 is 40.8 Å². The average Bonchev–Trinajstić information content (AvgIpc) is 2.94. The van der Waals surface area contributed by atoms with E-state index in [-0.39, 0.29) is 11.9 Å². The molecule has 39 heavy (non-hydrogen) atoms. The molecule has 0 spiro atoms. The molecule has 0 radical (unpaired) electrons. The highest BCUT2D eigenvalue weighted by molar-refractivity contribution is 6.43. The van der Waals surface area contributed by atoms with Crippen LogP contribution in [0.1, 0.15) is 32.3 Å². The molecule has 1 N–H and O–H groups in total.